The summed E-state index contributed by atoms with van der Waals surface area (Å²) in [6.07, 6.45) is 1.05. The summed E-state index contributed by atoms with van der Waals surface area (Å²) in [5, 5.41) is 5.63. The number of pyridine rings is 1. The Kier molecular flexibility index (Phi) is 4.27. The summed E-state index contributed by atoms with van der Waals surface area (Å²) in [4.78, 5) is 30.8. The van der Waals surface area contributed by atoms with Crippen molar-refractivity contribution in [1.29, 1.82) is 0 Å². The molecule has 0 saturated carbocycles. The first kappa shape index (κ1) is 18.3. The van der Waals surface area contributed by atoms with Crippen LogP contribution in [0.15, 0.2) is 42.9 Å². The zero-order valence-corrected chi connectivity index (χ0v) is 16.0. The molecule has 4 heterocycles. The Hall–Kier alpha value is -3.69. The van der Waals surface area contributed by atoms with Crippen molar-refractivity contribution in [2.24, 2.45) is 7.05 Å². The van der Waals surface area contributed by atoms with Gasteiger partial charge in [-0.3, -0.25) is 9.78 Å². The van der Waals surface area contributed by atoms with E-state index < -0.39 is 24.2 Å². The Morgan fingerprint density at radius 3 is 2.80 bits per heavy atom. The number of benzene rings is 1. The highest BCUT2D eigenvalue weighted by Gasteiger charge is 2.37. The van der Waals surface area contributed by atoms with Crippen LogP contribution in [0.2, 0.25) is 0 Å². The topological polar surface area (TPSA) is 92.6 Å². The first-order chi connectivity index (χ1) is 14.5. The number of nitrogens with zero attached hydrogens (tertiary/aromatic N) is 6. The minimum absolute atomic E-state index is 0.143. The van der Waals surface area contributed by atoms with Gasteiger partial charge in [-0.05, 0) is 11.5 Å². The molecule has 30 heavy (non-hydrogen) atoms. The Balaban J connectivity index is 1.60. The second-order valence-corrected chi connectivity index (χ2v) is 7.09. The SMILES string of the molecule is Cn1nc(C(F)F)nc1C(=O)N1CCc2[nH]cnc2[C@H]1c1cc2ccccc2cn1. The van der Waals surface area contributed by atoms with Crippen LogP contribution in [0.1, 0.15) is 46.0 Å². The summed E-state index contributed by atoms with van der Waals surface area (Å²) >= 11 is 0. The molecule has 8 nitrogen and oxygen atoms in total. The standard InChI is InChI=1S/C20H17F2N7O/c1-28-19(26-18(27-28)17(21)22)20(30)29-7-6-13-15(25-10-24-13)16(29)14-8-11-4-2-3-5-12(11)9-23-14/h2-5,8-10,16-17H,6-7H2,1H3,(H,24,25)/t16-/m1/s1. The van der Waals surface area contributed by atoms with Gasteiger partial charge in [-0.25, -0.2) is 23.4 Å². The molecule has 0 aliphatic carbocycles. The van der Waals surface area contributed by atoms with E-state index in [1.54, 1.807) is 17.4 Å². The number of rotatable bonds is 3. The number of carbonyl (C=O) groups excluding carboxylic acids is 1. The van der Waals surface area contributed by atoms with Crippen molar-refractivity contribution in [3.8, 4) is 0 Å². The molecule has 0 saturated heterocycles. The summed E-state index contributed by atoms with van der Waals surface area (Å²) in [5.41, 5.74) is 2.25. The molecule has 1 atom stereocenters. The first-order valence-electron chi connectivity index (χ1n) is 9.40. The van der Waals surface area contributed by atoms with E-state index in [0.717, 1.165) is 21.1 Å². The van der Waals surface area contributed by atoms with Crippen molar-refractivity contribution in [2.75, 3.05) is 6.54 Å². The van der Waals surface area contributed by atoms with Crippen LogP contribution >= 0.6 is 0 Å². The molecule has 5 rings (SSSR count). The van der Waals surface area contributed by atoms with E-state index in [9.17, 15) is 13.6 Å². The van der Waals surface area contributed by atoms with Crippen molar-refractivity contribution in [2.45, 2.75) is 18.9 Å². The summed E-state index contributed by atoms with van der Waals surface area (Å²) < 4.78 is 27.1. The molecule has 1 N–H and O–H groups in total. The highest BCUT2D eigenvalue weighted by Crippen LogP contribution is 2.34. The predicted molar refractivity (Wildman–Crippen MR) is 103 cm³/mol. The second kappa shape index (κ2) is 6.97. The number of halogens is 2. The van der Waals surface area contributed by atoms with Gasteiger partial charge in [-0.1, -0.05) is 24.3 Å². The summed E-state index contributed by atoms with van der Waals surface area (Å²) in [6, 6.07) is 9.15. The molecular formula is C20H17F2N7O. The lowest BCUT2D eigenvalue weighted by Crippen LogP contribution is -2.42. The minimum Gasteiger partial charge on any atom is -0.348 e. The number of fused-ring (bicyclic) bond motifs is 2. The van der Waals surface area contributed by atoms with Crippen molar-refractivity contribution in [3.63, 3.8) is 0 Å². The maximum absolute atomic E-state index is 13.3. The van der Waals surface area contributed by atoms with E-state index in [1.807, 2.05) is 30.3 Å². The molecule has 0 radical (unpaired) electrons. The number of amides is 1. The molecule has 1 aliphatic rings. The fraction of sp³-hybridized carbons (Fsp3) is 0.250. The van der Waals surface area contributed by atoms with Gasteiger partial charge in [0.25, 0.3) is 12.3 Å². The molecule has 0 unspecified atom stereocenters. The van der Waals surface area contributed by atoms with Crippen LogP contribution in [0.25, 0.3) is 10.8 Å². The van der Waals surface area contributed by atoms with E-state index in [4.69, 9.17) is 0 Å². The van der Waals surface area contributed by atoms with E-state index >= 15 is 0 Å². The molecule has 0 spiro atoms. The summed E-state index contributed by atoms with van der Waals surface area (Å²) in [7, 11) is 1.43. The normalized spacial score (nSPS) is 16.3. The van der Waals surface area contributed by atoms with Crippen LogP contribution in [-0.2, 0) is 13.5 Å². The van der Waals surface area contributed by atoms with Crippen LogP contribution in [0.3, 0.4) is 0 Å². The molecule has 0 fully saturated rings. The Labute approximate surface area is 169 Å². The summed E-state index contributed by atoms with van der Waals surface area (Å²) in [5.74, 6) is -1.31. The number of aromatic nitrogens is 6. The fourth-order valence-corrected chi connectivity index (χ4v) is 3.86. The fourth-order valence-electron chi connectivity index (χ4n) is 3.86. The number of carbonyl (C=O) groups is 1. The minimum atomic E-state index is -2.85. The Morgan fingerprint density at radius 1 is 1.23 bits per heavy atom. The average Bonchev–Trinajstić information content (AvgIpc) is 3.38. The van der Waals surface area contributed by atoms with Gasteiger partial charge in [0.05, 0.1) is 17.7 Å². The van der Waals surface area contributed by atoms with Gasteiger partial charge in [0, 0.05) is 37.3 Å². The predicted octanol–water partition coefficient (Wildman–Crippen LogP) is 2.81. The third kappa shape index (κ3) is 2.92. The molecule has 1 amide bonds. The highest BCUT2D eigenvalue weighted by atomic mass is 19.3. The monoisotopic (exact) mass is 409 g/mol. The lowest BCUT2D eigenvalue weighted by Gasteiger charge is -2.34. The molecule has 152 valence electrons. The second-order valence-electron chi connectivity index (χ2n) is 7.09. The Morgan fingerprint density at radius 2 is 2.03 bits per heavy atom. The van der Waals surface area contributed by atoms with E-state index in [2.05, 4.69) is 25.0 Å². The summed E-state index contributed by atoms with van der Waals surface area (Å²) in [6.45, 7) is 0.365. The van der Waals surface area contributed by atoms with Gasteiger partial charge < -0.3 is 9.88 Å². The molecule has 0 bridgehead atoms. The lowest BCUT2D eigenvalue weighted by atomic mass is 9.98. The molecule has 10 heteroatoms. The highest BCUT2D eigenvalue weighted by molar-refractivity contribution is 5.91. The number of aryl methyl sites for hydroxylation is 1. The van der Waals surface area contributed by atoms with Gasteiger partial charge >= 0.3 is 0 Å². The number of alkyl halides is 2. The number of hydrogen-bond donors (Lipinski definition) is 1. The molecule has 1 aromatic carbocycles. The van der Waals surface area contributed by atoms with Crippen LogP contribution < -0.4 is 0 Å². The molecule has 3 aromatic heterocycles. The van der Waals surface area contributed by atoms with Gasteiger partial charge in [-0.15, -0.1) is 5.10 Å². The number of aromatic amines is 1. The van der Waals surface area contributed by atoms with Gasteiger partial charge in [0.15, 0.2) is 0 Å². The molecular weight excluding hydrogens is 392 g/mol. The van der Waals surface area contributed by atoms with Crippen LogP contribution in [0, 0.1) is 0 Å². The zero-order chi connectivity index (χ0) is 20.8. The lowest BCUT2D eigenvalue weighted by molar-refractivity contribution is 0.0669. The largest absolute Gasteiger partial charge is 0.348 e. The van der Waals surface area contributed by atoms with Crippen LogP contribution in [0.4, 0.5) is 8.78 Å². The number of nitrogens with one attached hydrogen (secondary N) is 1. The Bertz CT molecular complexity index is 1250. The van der Waals surface area contributed by atoms with Gasteiger partial charge in [0.2, 0.25) is 11.6 Å². The third-order valence-electron chi connectivity index (χ3n) is 5.28. The first-order valence-corrected chi connectivity index (χ1v) is 9.40. The van der Waals surface area contributed by atoms with Crippen molar-refractivity contribution in [3.05, 3.63) is 71.6 Å². The maximum atomic E-state index is 13.3. The number of hydrogen-bond acceptors (Lipinski definition) is 5. The number of H-pyrrole nitrogens is 1. The van der Waals surface area contributed by atoms with E-state index in [-0.39, 0.29) is 5.82 Å². The van der Waals surface area contributed by atoms with Crippen LogP contribution in [0.5, 0.6) is 0 Å². The van der Waals surface area contributed by atoms with Gasteiger partial charge in [0.1, 0.15) is 6.04 Å². The van der Waals surface area contributed by atoms with Crippen LogP contribution in [-0.4, -0.2) is 47.1 Å². The van der Waals surface area contributed by atoms with E-state index in [1.165, 1.54) is 7.05 Å². The zero-order valence-electron chi connectivity index (χ0n) is 16.0. The average molecular weight is 409 g/mol. The molecule has 4 aromatic rings. The van der Waals surface area contributed by atoms with Gasteiger partial charge in [-0.2, -0.15) is 0 Å². The number of imidazole rings is 1. The van der Waals surface area contributed by atoms with E-state index in [0.29, 0.717) is 24.4 Å². The quantitative estimate of drug-likeness (QED) is 0.562. The maximum Gasteiger partial charge on any atom is 0.299 e. The van der Waals surface area contributed by atoms with Crippen molar-refractivity contribution < 1.29 is 13.6 Å². The molecule has 1 aliphatic heterocycles. The third-order valence-corrected chi connectivity index (χ3v) is 5.28. The van der Waals surface area contributed by atoms with Crippen molar-refractivity contribution in [1.82, 2.24) is 34.6 Å². The van der Waals surface area contributed by atoms with Crippen molar-refractivity contribution >= 4 is 16.7 Å². The smallest absolute Gasteiger partial charge is 0.299 e.